The molecule has 0 bridgehead atoms. The van der Waals surface area contributed by atoms with E-state index in [1.807, 2.05) is 27.7 Å². The van der Waals surface area contributed by atoms with E-state index < -0.39 is 10.0 Å². The summed E-state index contributed by atoms with van der Waals surface area (Å²) in [7, 11) is -0.0209. The van der Waals surface area contributed by atoms with Gasteiger partial charge in [-0.05, 0) is 75.6 Å². The molecular formula is C18H29NO3S. The molecule has 1 aliphatic rings. The van der Waals surface area contributed by atoms with Gasteiger partial charge in [0.15, 0.2) is 0 Å². The van der Waals surface area contributed by atoms with Crippen molar-refractivity contribution in [1.82, 2.24) is 4.31 Å². The minimum Gasteiger partial charge on any atom is -0.381 e. The Kier molecular flexibility index (Phi) is 5.54. The zero-order valence-corrected chi connectivity index (χ0v) is 16.0. The lowest BCUT2D eigenvalue weighted by Gasteiger charge is -2.34. The van der Waals surface area contributed by atoms with Crippen molar-refractivity contribution in [3.63, 3.8) is 0 Å². The fourth-order valence-corrected chi connectivity index (χ4v) is 5.54. The van der Waals surface area contributed by atoms with Gasteiger partial charge in [-0.1, -0.05) is 6.07 Å². The third-order valence-electron chi connectivity index (χ3n) is 5.43. The second-order valence-corrected chi connectivity index (χ2v) is 8.71. The smallest absolute Gasteiger partial charge is 0.243 e. The van der Waals surface area contributed by atoms with Crippen molar-refractivity contribution in [1.29, 1.82) is 0 Å². The molecule has 1 aromatic rings. The number of sulfonamides is 1. The molecule has 0 heterocycles. The third-order valence-corrected chi connectivity index (χ3v) is 7.61. The highest BCUT2D eigenvalue weighted by Crippen LogP contribution is 2.32. The topological polar surface area (TPSA) is 46.6 Å². The number of nitrogens with zero attached hydrogens (tertiary/aromatic N) is 1. The lowest BCUT2D eigenvalue weighted by atomic mass is 9.93. The average Bonchev–Trinajstić information content (AvgIpc) is 2.52. The molecule has 1 fully saturated rings. The monoisotopic (exact) mass is 339 g/mol. The Hall–Kier alpha value is -0.910. The number of rotatable bonds is 4. The molecule has 1 aromatic carbocycles. The van der Waals surface area contributed by atoms with Gasteiger partial charge in [0.2, 0.25) is 10.0 Å². The van der Waals surface area contributed by atoms with E-state index in [9.17, 15) is 8.42 Å². The molecule has 0 amide bonds. The lowest BCUT2D eigenvalue weighted by molar-refractivity contribution is 0.0553. The molecule has 0 spiro atoms. The summed E-state index contributed by atoms with van der Waals surface area (Å²) in [6, 6.07) is 2.12. The molecule has 0 N–H and O–H groups in total. The van der Waals surface area contributed by atoms with E-state index in [1.165, 1.54) is 0 Å². The fraction of sp³-hybridized carbons (Fsp3) is 0.667. The van der Waals surface area contributed by atoms with E-state index in [0.717, 1.165) is 47.9 Å². The van der Waals surface area contributed by atoms with Crippen LogP contribution in [0.25, 0.3) is 0 Å². The maximum absolute atomic E-state index is 13.2. The number of benzene rings is 1. The molecule has 0 aromatic heterocycles. The highest BCUT2D eigenvalue weighted by molar-refractivity contribution is 7.89. The van der Waals surface area contributed by atoms with Crippen LogP contribution in [-0.4, -0.2) is 39.0 Å². The molecular weight excluding hydrogens is 310 g/mol. The van der Waals surface area contributed by atoms with Crippen molar-refractivity contribution in [3.8, 4) is 0 Å². The average molecular weight is 340 g/mol. The summed E-state index contributed by atoms with van der Waals surface area (Å²) in [4.78, 5) is 0.492. The molecule has 130 valence electrons. The summed E-state index contributed by atoms with van der Waals surface area (Å²) < 4.78 is 33.4. The van der Waals surface area contributed by atoms with Gasteiger partial charge >= 0.3 is 0 Å². The van der Waals surface area contributed by atoms with Crippen LogP contribution in [-0.2, 0) is 14.8 Å². The van der Waals surface area contributed by atoms with Crippen LogP contribution in [0.5, 0.6) is 0 Å². The summed E-state index contributed by atoms with van der Waals surface area (Å²) >= 11 is 0. The van der Waals surface area contributed by atoms with Gasteiger partial charge in [-0.3, -0.25) is 0 Å². The number of ether oxygens (including phenoxy) is 1. The largest absolute Gasteiger partial charge is 0.381 e. The molecule has 2 rings (SSSR count). The molecule has 4 nitrogen and oxygen atoms in total. The molecule has 0 unspecified atom stereocenters. The molecule has 0 atom stereocenters. The van der Waals surface area contributed by atoms with Gasteiger partial charge in [0.05, 0.1) is 11.0 Å². The van der Waals surface area contributed by atoms with Crippen molar-refractivity contribution in [2.45, 2.75) is 70.4 Å². The van der Waals surface area contributed by atoms with Gasteiger partial charge in [-0.15, -0.1) is 0 Å². The first kappa shape index (κ1) is 18.4. The Morgan fingerprint density at radius 2 is 1.48 bits per heavy atom. The number of aryl methyl sites for hydroxylation is 2. The molecule has 23 heavy (non-hydrogen) atoms. The highest BCUT2D eigenvalue weighted by Gasteiger charge is 2.33. The fourth-order valence-electron chi connectivity index (χ4n) is 3.55. The van der Waals surface area contributed by atoms with Crippen molar-refractivity contribution in [2.75, 3.05) is 14.2 Å². The van der Waals surface area contributed by atoms with E-state index in [-0.39, 0.29) is 12.1 Å². The normalized spacial score (nSPS) is 22.6. The maximum atomic E-state index is 13.2. The third kappa shape index (κ3) is 3.47. The highest BCUT2D eigenvalue weighted by atomic mass is 32.2. The predicted molar refractivity (Wildman–Crippen MR) is 93.4 cm³/mol. The van der Waals surface area contributed by atoms with Crippen LogP contribution < -0.4 is 0 Å². The second kappa shape index (κ2) is 6.91. The van der Waals surface area contributed by atoms with Crippen molar-refractivity contribution in [2.24, 2.45) is 0 Å². The first-order valence-electron chi connectivity index (χ1n) is 8.28. The van der Waals surface area contributed by atoms with E-state index in [2.05, 4.69) is 6.07 Å². The lowest BCUT2D eigenvalue weighted by Crippen LogP contribution is -2.41. The summed E-state index contributed by atoms with van der Waals surface area (Å²) in [5.41, 5.74) is 3.79. The molecule has 0 radical (unpaired) electrons. The summed E-state index contributed by atoms with van der Waals surface area (Å²) in [6.07, 6.45) is 3.83. The van der Waals surface area contributed by atoms with Crippen molar-refractivity contribution >= 4 is 10.0 Å². The van der Waals surface area contributed by atoms with Gasteiger partial charge in [0.1, 0.15) is 0 Å². The summed E-state index contributed by atoms with van der Waals surface area (Å²) in [6.45, 7) is 7.77. The minimum absolute atomic E-state index is 0.0611. The Bertz CT molecular complexity index is 648. The first-order valence-corrected chi connectivity index (χ1v) is 9.72. The van der Waals surface area contributed by atoms with Gasteiger partial charge in [-0.2, -0.15) is 4.31 Å². The SMILES string of the molecule is COC1CCC(N(C)S(=O)(=O)c2c(C)c(C)cc(C)c2C)CC1. The van der Waals surface area contributed by atoms with Crippen molar-refractivity contribution in [3.05, 3.63) is 28.3 Å². The van der Waals surface area contributed by atoms with E-state index in [0.29, 0.717) is 4.90 Å². The predicted octanol–water partition coefficient (Wildman–Crippen LogP) is 3.50. The molecule has 1 aliphatic carbocycles. The van der Waals surface area contributed by atoms with Gasteiger partial charge in [0.25, 0.3) is 0 Å². The zero-order chi connectivity index (χ0) is 17.4. The summed E-state index contributed by atoms with van der Waals surface area (Å²) in [5.74, 6) is 0. The van der Waals surface area contributed by atoms with Gasteiger partial charge in [-0.25, -0.2) is 8.42 Å². The zero-order valence-electron chi connectivity index (χ0n) is 15.1. The van der Waals surface area contributed by atoms with Crippen LogP contribution in [0, 0.1) is 27.7 Å². The first-order chi connectivity index (χ1) is 10.7. The maximum Gasteiger partial charge on any atom is 0.243 e. The Morgan fingerprint density at radius 3 is 1.91 bits per heavy atom. The molecule has 5 heteroatoms. The van der Waals surface area contributed by atoms with E-state index in [1.54, 1.807) is 18.5 Å². The number of hydrogen-bond donors (Lipinski definition) is 0. The Morgan fingerprint density at radius 1 is 1.00 bits per heavy atom. The van der Waals surface area contributed by atoms with Crippen LogP contribution >= 0.6 is 0 Å². The van der Waals surface area contributed by atoms with Crippen LogP contribution in [0.3, 0.4) is 0 Å². The molecule has 0 aliphatic heterocycles. The molecule has 0 saturated heterocycles. The Labute approximate surface area is 140 Å². The van der Waals surface area contributed by atoms with Crippen LogP contribution in [0.15, 0.2) is 11.0 Å². The number of methoxy groups -OCH3 is 1. The quantitative estimate of drug-likeness (QED) is 0.843. The van der Waals surface area contributed by atoms with Crippen molar-refractivity contribution < 1.29 is 13.2 Å². The van der Waals surface area contributed by atoms with E-state index in [4.69, 9.17) is 4.74 Å². The molecule has 1 saturated carbocycles. The minimum atomic E-state index is -3.48. The second-order valence-electron chi connectivity index (χ2n) is 6.78. The van der Waals surface area contributed by atoms with Crippen LogP contribution in [0.1, 0.15) is 47.9 Å². The van der Waals surface area contributed by atoms with Crippen LogP contribution in [0.2, 0.25) is 0 Å². The van der Waals surface area contributed by atoms with Crippen LogP contribution in [0.4, 0.5) is 0 Å². The van der Waals surface area contributed by atoms with Gasteiger partial charge in [0, 0.05) is 20.2 Å². The Balaban J connectivity index is 2.36. The van der Waals surface area contributed by atoms with Gasteiger partial charge < -0.3 is 4.74 Å². The number of hydrogen-bond acceptors (Lipinski definition) is 3. The summed E-state index contributed by atoms with van der Waals surface area (Å²) in [5, 5.41) is 0. The standard InChI is InChI=1S/C18H29NO3S/c1-12-11-13(2)15(4)18(14(12)3)23(20,21)19(5)16-7-9-17(22-6)10-8-16/h11,16-17H,7-10H2,1-6H3. The van der Waals surface area contributed by atoms with E-state index >= 15 is 0 Å².